The van der Waals surface area contributed by atoms with Crippen molar-refractivity contribution in [2.45, 2.75) is 25.4 Å². The SMILES string of the molecule is C[C@H](NC(=O)C[C@H](NC(N)=O)c1cccs1)c1ccc(Cl)cc1. The van der Waals surface area contributed by atoms with Crippen LogP contribution in [-0.4, -0.2) is 11.9 Å². The second-order valence-corrected chi connectivity index (χ2v) is 6.54. The summed E-state index contributed by atoms with van der Waals surface area (Å²) in [5.74, 6) is -0.167. The van der Waals surface area contributed by atoms with Crippen molar-refractivity contribution in [3.8, 4) is 0 Å². The predicted octanol–water partition coefficient (Wildman–Crippen LogP) is 3.38. The van der Waals surface area contributed by atoms with Gasteiger partial charge in [-0.25, -0.2) is 4.79 Å². The lowest BCUT2D eigenvalue weighted by Gasteiger charge is -2.19. The van der Waals surface area contributed by atoms with Crippen molar-refractivity contribution in [1.82, 2.24) is 10.6 Å². The first-order valence-electron chi connectivity index (χ1n) is 7.10. The fourth-order valence-corrected chi connectivity index (χ4v) is 3.11. The number of amides is 3. The summed E-state index contributed by atoms with van der Waals surface area (Å²) < 4.78 is 0. The monoisotopic (exact) mass is 351 g/mol. The highest BCUT2D eigenvalue weighted by Gasteiger charge is 2.19. The van der Waals surface area contributed by atoms with Crippen LogP contribution >= 0.6 is 22.9 Å². The van der Waals surface area contributed by atoms with Crippen molar-refractivity contribution in [2.75, 3.05) is 0 Å². The molecule has 0 saturated carbocycles. The molecule has 1 aromatic carbocycles. The second kappa shape index (κ2) is 7.99. The molecule has 3 amide bonds. The van der Waals surface area contributed by atoms with E-state index >= 15 is 0 Å². The van der Waals surface area contributed by atoms with Crippen LogP contribution in [0.3, 0.4) is 0 Å². The van der Waals surface area contributed by atoms with Gasteiger partial charge in [0.05, 0.1) is 18.5 Å². The first-order valence-corrected chi connectivity index (χ1v) is 8.35. The first kappa shape index (κ1) is 17.3. The molecule has 0 bridgehead atoms. The Morgan fingerprint density at radius 2 is 1.91 bits per heavy atom. The number of carbonyl (C=O) groups is 2. The van der Waals surface area contributed by atoms with Gasteiger partial charge in [0.2, 0.25) is 5.91 Å². The average Bonchev–Trinajstić information content (AvgIpc) is 3.00. The topological polar surface area (TPSA) is 84.2 Å². The Balaban J connectivity index is 1.98. The zero-order valence-electron chi connectivity index (χ0n) is 12.6. The van der Waals surface area contributed by atoms with Crippen molar-refractivity contribution in [3.63, 3.8) is 0 Å². The maximum atomic E-state index is 12.3. The lowest BCUT2D eigenvalue weighted by Crippen LogP contribution is -2.36. The van der Waals surface area contributed by atoms with Crippen LogP contribution < -0.4 is 16.4 Å². The number of benzene rings is 1. The maximum absolute atomic E-state index is 12.3. The number of thiophene rings is 1. The van der Waals surface area contributed by atoms with E-state index in [9.17, 15) is 9.59 Å². The van der Waals surface area contributed by atoms with E-state index in [1.165, 1.54) is 11.3 Å². The summed E-state index contributed by atoms with van der Waals surface area (Å²) in [6, 6.07) is 9.79. The standard InChI is InChI=1S/C16H18ClN3O2S/c1-10(11-4-6-12(17)7-5-11)19-15(21)9-13(20-16(18)22)14-3-2-8-23-14/h2-8,10,13H,9H2,1H3,(H,19,21)(H3,18,20,22)/t10-,13-/m0/s1. The quantitative estimate of drug-likeness (QED) is 0.745. The van der Waals surface area contributed by atoms with Gasteiger partial charge in [0, 0.05) is 9.90 Å². The number of primary amides is 1. The highest BCUT2D eigenvalue weighted by molar-refractivity contribution is 7.10. The highest BCUT2D eigenvalue weighted by Crippen LogP contribution is 2.23. The zero-order valence-corrected chi connectivity index (χ0v) is 14.2. The molecule has 0 aliphatic carbocycles. The number of carbonyl (C=O) groups excluding carboxylic acids is 2. The summed E-state index contributed by atoms with van der Waals surface area (Å²) in [4.78, 5) is 24.3. The first-order chi connectivity index (χ1) is 11.0. The number of rotatable bonds is 6. The Morgan fingerprint density at radius 3 is 2.48 bits per heavy atom. The van der Waals surface area contributed by atoms with Crippen LogP contribution in [0.4, 0.5) is 4.79 Å². The van der Waals surface area contributed by atoms with Crippen LogP contribution in [0, 0.1) is 0 Å². The van der Waals surface area contributed by atoms with Gasteiger partial charge in [0.15, 0.2) is 0 Å². The molecular formula is C16H18ClN3O2S. The molecular weight excluding hydrogens is 334 g/mol. The van der Waals surface area contributed by atoms with E-state index in [0.29, 0.717) is 5.02 Å². The molecule has 7 heteroatoms. The van der Waals surface area contributed by atoms with Crippen LogP contribution in [0.2, 0.25) is 5.02 Å². The van der Waals surface area contributed by atoms with E-state index in [1.54, 1.807) is 12.1 Å². The lowest BCUT2D eigenvalue weighted by molar-refractivity contribution is -0.122. The number of hydrogen-bond acceptors (Lipinski definition) is 3. The van der Waals surface area contributed by atoms with Gasteiger partial charge in [-0.05, 0) is 36.1 Å². The summed E-state index contributed by atoms with van der Waals surface area (Å²) >= 11 is 7.33. The fourth-order valence-electron chi connectivity index (χ4n) is 2.20. The van der Waals surface area contributed by atoms with Crippen molar-refractivity contribution in [3.05, 3.63) is 57.2 Å². The summed E-state index contributed by atoms with van der Waals surface area (Å²) in [5.41, 5.74) is 6.15. The molecule has 23 heavy (non-hydrogen) atoms. The Morgan fingerprint density at radius 1 is 1.22 bits per heavy atom. The van der Waals surface area contributed by atoms with E-state index < -0.39 is 12.1 Å². The van der Waals surface area contributed by atoms with Crippen molar-refractivity contribution < 1.29 is 9.59 Å². The predicted molar refractivity (Wildman–Crippen MR) is 92.4 cm³/mol. The van der Waals surface area contributed by atoms with Crippen LogP contribution in [-0.2, 0) is 4.79 Å². The Kier molecular flexibility index (Phi) is 6.01. The summed E-state index contributed by atoms with van der Waals surface area (Å²) in [6.07, 6.45) is 0.126. The van der Waals surface area contributed by atoms with Crippen molar-refractivity contribution in [1.29, 1.82) is 0 Å². The van der Waals surface area contributed by atoms with E-state index in [-0.39, 0.29) is 18.4 Å². The van der Waals surface area contributed by atoms with Crippen LogP contribution in [0.15, 0.2) is 41.8 Å². The summed E-state index contributed by atoms with van der Waals surface area (Å²) in [5, 5.41) is 8.05. The van der Waals surface area contributed by atoms with Crippen LogP contribution in [0.5, 0.6) is 0 Å². The Hall–Kier alpha value is -2.05. The molecule has 0 aliphatic rings. The fraction of sp³-hybridized carbons (Fsp3) is 0.250. The minimum atomic E-state index is -0.651. The minimum Gasteiger partial charge on any atom is -0.352 e. The summed E-state index contributed by atoms with van der Waals surface area (Å²) in [6.45, 7) is 1.89. The molecule has 2 aromatic rings. The van der Waals surface area contributed by atoms with Crippen molar-refractivity contribution in [2.24, 2.45) is 5.73 Å². The molecule has 0 spiro atoms. The third kappa shape index (κ3) is 5.26. The van der Waals surface area contributed by atoms with Gasteiger partial charge in [0.1, 0.15) is 0 Å². The second-order valence-electron chi connectivity index (χ2n) is 5.12. The third-order valence-electron chi connectivity index (χ3n) is 3.34. The van der Waals surface area contributed by atoms with Crippen molar-refractivity contribution >= 4 is 34.9 Å². The molecule has 0 saturated heterocycles. The number of urea groups is 1. The van der Waals surface area contributed by atoms with Gasteiger partial charge < -0.3 is 16.4 Å². The van der Waals surface area contributed by atoms with Crippen LogP contribution in [0.25, 0.3) is 0 Å². The molecule has 0 radical (unpaired) electrons. The molecule has 1 aromatic heterocycles. The van der Waals surface area contributed by atoms with Gasteiger partial charge in [-0.3, -0.25) is 4.79 Å². The van der Waals surface area contributed by atoms with Crippen LogP contribution in [0.1, 0.15) is 35.9 Å². The molecule has 122 valence electrons. The van der Waals surface area contributed by atoms with E-state index in [2.05, 4.69) is 10.6 Å². The van der Waals surface area contributed by atoms with Gasteiger partial charge >= 0.3 is 6.03 Å². The lowest BCUT2D eigenvalue weighted by atomic mass is 10.1. The Labute approximate surface area is 143 Å². The summed E-state index contributed by atoms with van der Waals surface area (Å²) in [7, 11) is 0. The van der Waals surface area contributed by atoms with Gasteiger partial charge in [-0.1, -0.05) is 29.8 Å². The molecule has 5 nitrogen and oxygen atoms in total. The number of nitrogens with two attached hydrogens (primary N) is 1. The molecule has 4 N–H and O–H groups in total. The molecule has 1 heterocycles. The number of hydrogen-bond donors (Lipinski definition) is 3. The molecule has 0 fully saturated rings. The normalized spacial score (nSPS) is 13.1. The van der Waals surface area contributed by atoms with E-state index in [0.717, 1.165) is 10.4 Å². The van der Waals surface area contributed by atoms with Gasteiger partial charge in [0.25, 0.3) is 0 Å². The van der Waals surface area contributed by atoms with Gasteiger partial charge in [-0.2, -0.15) is 0 Å². The molecule has 0 unspecified atom stereocenters. The minimum absolute atomic E-state index is 0.126. The highest BCUT2D eigenvalue weighted by atomic mass is 35.5. The van der Waals surface area contributed by atoms with Gasteiger partial charge in [-0.15, -0.1) is 11.3 Å². The molecule has 2 rings (SSSR count). The van der Waals surface area contributed by atoms with E-state index in [1.807, 2.05) is 36.6 Å². The smallest absolute Gasteiger partial charge is 0.312 e. The molecule has 0 aliphatic heterocycles. The zero-order chi connectivity index (χ0) is 16.8. The third-order valence-corrected chi connectivity index (χ3v) is 4.58. The average molecular weight is 352 g/mol. The number of nitrogens with one attached hydrogen (secondary N) is 2. The number of halogens is 1. The molecule has 2 atom stereocenters. The largest absolute Gasteiger partial charge is 0.352 e. The maximum Gasteiger partial charge on any atom is 0.312 e. The Bertz CT molecular complexity index is 658. The van der Waals surface area contributed by atoms with E-state index in [4.69, 9.17) is 17.3 Å².